The zero-order valence-electron chi connectivity index (χ0n) is 15.0. The first kappa shape index (κ1) is 20.9. The van der Waals surface area contributed by atoms with Gasteiger partial charge in [0.25, 0.3) is 5.91 Å². The van der Waals surface area contributed by atoms with E-state index in [1.54, 1.807) is 26.0 Å². The summed E-state index contributed by atoms with van der Waals surface area (Å²) in [5.41, 5.74) is 1.07. The maximum absolute atomic E-state index is 12.1. The Morgan fingerprint density at radius 3 is 2.63 bits per heavy atom. The fourth-order valence-electron chi connectivity index (χ4n) is 2.08. The van der Waals surface area contributed by atoms with E-state index in [0.717, 1.165) is 16.5 Å². The van der Waals surface area contributed by atoms with Crippen molar-refractivity contribution >= 4 is 56.2 Å². The van der Waals surface area contributed by atoms with Crippen molar-refractivity contribution in [1.29, 1.82) is 0 Å². The first-order chi connectivity index (χ1) is 12.8. The van der Waals surface area contributed by atoms with E-state index in [1.807, 2.05) is 6.92 Å². The van der Waals surface area contributed by atoms with Gasteiger partial charge in [0.05, 0.1) is 12.2 Å². The fraction of sp³-hybridized carbons (Fsp3) is 0.278. The van der Waals surface area contributed by atoms with Crippen LogP contribution in [0.4, 0.5) is 5.00 Å². The van der Waals surface area contributed by atoms with Gasteiger partial charge >= 0.3 is 11.9 Å². The lowest BCUT2D eigenvalue weighted by atomic mass is 10.1. The van der Waals surface area contributed by atoms with Crippen molar-refractivity contribution in [3.05, 3.63) is 44.6 Å². The van der Waals surface area contributed by atoms with Crippen LogP contribution in [0.15, 0.2) is 27.3 Å². The third-order valence-electron chi connectivity index (χ3n) is 3.44. The Hall–Kier alpha value is -2.39. The summed E-state index contributed by atoms with van der Waals surface area (Å²) in [5, 5.41) is 2.97. The number of halogens is 1. The molecule has 0 bridgehead atoms. The Morgan fingerprint density at radius 1 is 1.26 bits per heavy atom. The summed E-state index contributed by atoms with van der Waals surface area (Å²) >= 11 is 4.41. The van der Waals surface area contributed by atoms with Crippen LogP contribution in [0.1, 0.15) is 33.5 Å². The number of esters is 2. The van der Waals surface area contributed by atoms with Gasteiger partial charge in [-0.1, -0.05) is 0 Å². The third kappa shape index (κ3) is 5.80. The predicted molar refractivity (Wildman–Crippen MR) is 105 cm³/mol. The minimum absolute atomic E-state index is 0.233. The second kappa shape index (κ2) is 9.52. The van der Waals surface area contributed by atoms with Gasteiger partial charge < -0.3 is 19.2 Å². The topological polar surface area (TPSA) is 94.8 Å². The number of anilines is 1. The smallest absolute Gasteiger partial charge is 0.341 e. The first-order valence-electron chi connectivity index (χ1n) is 7.99. The maximum Gasteiger partial charge on any atom is 0.341 e. The summed E-state index contributed by atoms with van der Waals surface area (Å²) in [6.45, 7) is 5.08. The average molecular weight is 456 g/mol. The number of furan rings is 1. The number of hydrogen-bond donors (Lipinski definition) is 1. The van der Waals surface area contributed by atoms with E-state index in [2.05, 4.69) is 21.2 Å². The molecule has 0 aromatic carbocycles. The van der Waals surface area contributed by atoms with Crippen molar-refractivity contribution in [2.75, 3.05) is 18.5 Å². The van der Waals surface area contributed by atoms with Crippen LogP contribution < -0.4 is 5.32 Å². The molecule has 2 heterocycles. The largest absolute Gasteiger partial charge is 0.462 e. The van der Waals surface area contributed by atoms with Crippen LogP contribution >= 0.6 is 27.3 Å². The molecule has 0 atom stereocenters. The lowest BCUT2D eigenvalue weighted by Crippen LogP contribution is -2.21. The van der Waals surface area contributed by atoms with E-state index >= 15 is 0 Å². The molecule has 1 N–H and O–H groups in total. The van der Waals surface area contributed by atoms with E-state index < -0.39 is 24.5 Å². The Labute approximate surface area is 168 Å². The number of ether oxygens (including phenoxy) is 2. The molecule has 1 amide bonds. The van der Waals surface area contributed by atoms with Crippen molar-refractivity contribution in [2.24, 2.45) is 0 Å². The van der Waals surface area contributed by atoms with Crippen LogP contribution in [0.25, 0.3) is 6.08 Å². The molecular weight excluding hydrogens is 438 g/mol. The zero-order valence-corrected chi connectivity index (χ0v) is 17.4. The molecule has 7 nitrogen and oxygen atoms in total. The summed E-state index contributed by atoms with van der Waals surface area (Å²) < 4.78 is 15.7. The number of rotatable bonds is 7. The van der Waals surface area contributed by atoms with Gasteiger partial charge in [0, 0.05) is 11.0 Å². The molecule has 0 saturated carbocycles. The molecule has 2 aromatic heterocycles. The molecular formula is C18H18BrNO6S. The van der Waals surface area contributed by atoms with Crippen LogP contribution in [0.5, 0.6) is 0 Å². The highest BCUT2D eigenvalue weighted by molar-refractivity contribution is 9.10. The summed E-state index contributed by atoms with van der Waals surface area (Å²) in [7, 11) is 0. The maximum atomic E-state index is 12.1. The Morgan fingerprint density at radius 2 is 2.00 bits per heavy atom. The number of carbonyl (C=O) groups excluding carboxylic acids is 3. The van der Waals surface area contributed by atoms with E-state index in [1.165, 1.54) is 17.4 Å². The summed E-state index contributed by atoms with van der Waals surface area (Å²) in [6.07, 6.45) is 2.58. The van der Waals surface area contributed by atoms with Gasteiger partial charge in [-0.05, 0) is 60.5 Å². The second-order valence-corrected chi connectivity index (χ2v) is 7.35. The molecule has 2 rings (SSSR count). The molecule has 0 spiro atoms. The lowest BCUT2D eigenvalue weighted by Gasteiger charge is -2.07. The van der Waals surface area contributed by atoms with E-state index in [0.29, 0.717) is 21.0 Å². The molecule has 0 aliphatic carbocycles. The van der Waals surface area contributed by atoms with Gasteiger partial charge in [0.1, 0.15) is 10.8 Å². The van der Waals surface area contributed by atoms with Crippen LogP contribution in [-0.2, 0) is 19.1 Å². The second-order valence-electron chi connectivity index (χ2n) is 5.34. The average Bonchev–Trinajstić information content (AvgIpc) is 3.14. The number of amides is 1. The standard InChI is InChI=1S/C18H18BrNO6S/c1-4-24-18(23)16-10(2)11(3)27-17(16)20-14(21)9-25-15(22)8-6-12-5-7-13(19)26-12/h5-8H,4,9H2,1-3H3,(H,20,21). The van der Waals surface area contributed by atoms with Gasteiger partial charge in [0.15, 0.2) is 11.3 Å². The predicted octanol–water partition coefficient (Wildman–Crippen LogP) is 4.09. The van der Waals surface area contributed by atoms with Crippen molar-refractivity contribution in [1.82, 2.24) is 0 Å². The molecule has 144 valence electrons. The Balaban J connectivity index is 1.94. The SMILES string of the molecule is CCOC(=O)c1c(NC(=O)COC(=O)C=Cc2ccc(Br)o2)sc(C)c1C. The molecule has 0 fully saturated rings. The third-order valence-corrected chi connectivity index (χ3v) is 4.99. The van der Waals surface area contributed by atoms with E-state index in [9.17, 15) is 14.4 Å². The molecule has 0 aliphatic heterocycles. The first-order valence-corrected chi connectivity index (χ1v) is 9.59. The van der Waals surface area contributed by atoms with Crippen LogP contribution in [0.3, 0.4) is 0 Å². The zero-order chi connectivity index (χ0) is 20.0. The van der Waals surface area contributed by atoms with Gasteiger partial charge in [-0.3, -0.25) is 4.79 Å². The molecule has 9 heteroatoms. The van der Waals surface area contributed by atoms with Crippen LogP contribution in [0, 0.1) is 13.8 Å². The van der Waals surface area contributed by atoms with Gasteiger partial charge in [-0.15, -0.1) is 11.3 Å². The highest BCUT2D eigenvalue weighted by atomic mass is 79.9. The highest BCUT2D eigenvalue weighted by Gasteiger charge is 2.22. The summed E-state index contributed by atoms with van der Waals surface area (Å²) in [6, 6.07) is 3.35. The monoisotopic (exact) mass is 455 g/mol. The molecule has 0 radical (unpaired) electrons. The van der Waals surface area contributed by atoms with Gasteiger partial charge in [0.2, 0.25) is 0 Å². The van der Waals surface area contributed by atoms with Gasteiger partial charge in [-0.25, -0.2) is 9.59 Å². The molecule has 27 heavy (non-hydrogen) atoms. The summed E-state index contributed by atoms with van der Waals surface area (Å²) in [4.78, 5) is 36.7. The number of aryl methyl sites for hydroxylation is 1. The minimum atomic E-state index is -0.693. The Bertz CT molecular complexity index is 883. The van der Waals surface area contributed by atoms with Crippen molar-refractivity contribution in [3.8, 4) is 0 Å². The molecule has 2 aromatic rings. The van der Waals surface area contributed by atoms with E-state index in [-0.39, 0.29) is 6.61 Å². The van der Waals surface area contributed by atoms with E-state index in [4.69, 9.17) is 13.9 Å². The number of nitrogens with one attached hydrogen (secondary N) is 1. The van der Waals surface area contributed by atoms with Crippen molar-refractivity contribution in [3.63, 3.8) is 0 Å². The fourth-order valence-corrected chi connectivity index (χ4v) is 3.46. The number of carbonyl (C=O) groups is 3. The highest BCUT2D eigenvalue weighted by Crippen LogP contribution is 2.33. The molecule has 0 aliphatic rings. The van der Waals surface area contributed by atoms with Gasteiger partial charge in [-0.2, -0.15) is 0 Å². The summed E-state index contributed by atoms with van der Waals surface area (Å²) in [5.74, 6) is -1.28. The quantitative estimate of drug-likeness (QED) is 0.498. The van der Waals surface area contributed by atoms with Crippen molar-refractivity contribution < 1.29 is 28.3 Å². The van der Waals surface area contributed by atoms with Crippen LogP contribution in [0.2, 0.25) is 0 Å². The minimum Gasteiger partial charge on any atom is -0.462 e. The normalized spacial score (nSPS) is 10.8. The molecule has 0 unspecified atom stereocenters. The number of thiophene rings is 1. The van der Waals surface area contributed by atoms with Crippen molar-refractivity contribution in [2.45, 2.75) is 20.8 Å². The molecule has 0 saturated heterocycles. The Kier molecular flexibility index (Phi) is 7.37. The van der Waals surface area contributed by atoms with Crippen LogP contribution in [-0.4, -0.2) is 31.1 Å². The number of hydrogen-bond acceptors (Lipinski definition) is 7. The lowest BCUT2D eigenvalue weighted by molar-refractivity contribution is -0.142.